The van der Waals surface area contributed by atoms with Gasteiger partial charge in [0.1, 0.15) is 18.9 Å². The maximum Gasteiger partial charge on any atom is 0.329 e. The Bertz CT molecular complexity index is 876. The molecule has 0 atom stereocenters. The first-order chi connectivity index (χ1) is 13.7. The first-order valence-corrected chi connectivity index (χ1v) is 9.02. The van der Waals surface area contributed by atoms with Crippen LogP contribution in [0, 0.1) is 5.41 Å². The molecule has 0 spiro atoms. The van der Waals surface area contributed by atoms with Crippen LogP contribution in [-0.2, 0) is 21.0 Å². The number of para-hydroxylation sites is 1. The Balaban J connectivity index is 2.07. The molecule has 154 valence electrons. The van der Waals surface area contributed by atoms with Crippen molar-refractivity contribution in [1.82, 2.24) is 5.48 Å². The summed E-state index contributed by atoms with van der Waals surface area (Å²) in [5.41, 5.74) is 8.22. The number of carbonyl (C=O) groups excluding carboxylic acids is 3. The number of nitrogens with two attached hydrogens (primary N) is 1. The number of primary amides is 1. The minimum absolute atomic E-state index is 0.107. The molecule has 0 aliphatic carbocycles. The summed E-state index contributed by atoms with van der Waals surface area (Å²) >= 11 is 0. The van der Waals surface area contributed by atoms with E-state index in [-0.39, 0.29) is 24.4 Å². The van der Waals surface area contributed by atoms with Gasteiger partial charge in [-0.05, 0) is 38.5 Å². The average Bonchev–Trinajstić information content (AvgIpc) is 2.66. The molecule has 0 fully saturated rings. The van der Waals surface area contributed by atoms with Crippen molar-refractivity contribution in [2.75, 3.05) is 11.9 Å². The summed E-state index contributed by atoms with van der Waals surface area (Å²) in [6.07, 6.45) is 0. The first kappa shape index (κ1) is 21.9. The van der Waals surface area contributed by atoms with Crippen molar-refractivity contribution in [3.05, 3.63) is 59.7 Å². The third kappa shape index (κ3) is 6.62. The highest BCUT2D eigenvalue weighted by Crippen LogP contribution is 2.29. The van der Waals surface area contributed by atoms with Crippen molar-refractivity contribution in [3.63, 3.8) is 0 Å². The van der Waals surface area contributed by atoms with Crippen molar-refractivity contribution in [2.24, 2.45) is 11.1 Å². The second-order valence-corrected chi connectivity index (χ2v) is 7.33. The van der Waals surface area contributed by atoms with Crippen molar-refractivity contribution in [1.29, 1.82) is 0 Å². The molecule has 4 N–H and O–H groups in total. The number of hydrogen-bond donors (Lipinski definition) is 3. The molecule has 0 saturated carbocycles. The van der Waals surface area contributed by atoms with Gasteiger partial charge in [-0.15, -0.1) is 5.48 Å². The van der Waals surface area contributed by atoms with Crippen molar-refractivity contribution >= 4 is 23.5 Å². The molecule has 2 aromatic carbocycles. The minimum atomic E-state index is -0.711. The van der Waals surface area contributed by atoms with E-state index in [0.717, 1.165) is 5.56 Å². The number of rotatable bonds is 8. The Hall–Kier alpha value is -3.39. The zero-order valence-corrected chi connectivity index (χ0v) is 16.7. The molecule has 0 saturated heterocycles. The summed E-state index contributed by atoms with van der Waals surface area (Å²) in [6, 6.07) is 14.2. The monoisotopic (exact) mass is 399 g/mol. The lowest BCUT2D eigenvalue weighted by molar-refractivity contribution is -0.161. The fourth-order valence-corrected chi connectivity index (χ4v) is 2.22. The molecule has 8 heteroatoms. The van der Waals surface area contributed by atoms with Crippen LogP contribution in [0.5, 0.6) is 5.75 Å². The highest BCUT2D eigenvalue weighted by molar-refractivity contribution is 6.05. The molecule has 2 aromatic rings. The quantitative estimate of drug-likeness (QED) is 0.586. The van der Waals surface area contributed by atoms with Gasteiger partial charge in [0.15, 0.2) is 0 Å². The van der Waals surface area contributed by atoms with Gasteiger partial charge in [0.05, 0.1) is 16.7 Å². The smallest absolute Gasteiger partial charge is 0.329 e. The fraction of sp³-hybridized carbons (Fsp3) is 0.286. The van der Waals surface area contributed by atoms with Crippen molar-refractivity contribution < 1.29 is 24.0 Å². The van der Waals surface area contributed by atoms with Gasteiger partial charge in [-0.2, -0.15) is 0 Å². The van der Waals surface area contributed by atoms with Gasteiger partial charge >= 0.3 is 5.97 Å². The van der Waals surface area contributed by atoms with Crippen LogP contribution in [0.25, 0.3) is 0 Å². The van der Waals surface area contributed by atoms with Gasteiger partial charge in [0.2, 0.25) is 5.91 Å². The van der Waals surface area contributed by atoms with Crippen LogP contribution in [0.4, 0.5) is 5.69 Å². The Kier molecular flexibility index (Phi) is 7.33. The standard InChI is InChI=1S/C21H25N3O5/c1-21(2,3)20(27)29-23-12-17(25)24-18-15(19(22)26)10-7-11-16(18)28-13-14-8-5-4-6-9-14/h4-11,23H,12-13H2,1-3H3,(H2,22,26)(H,24,25). The van der Waals surface area contributed by atoms with Crippen LogP contribution in [0.1, 0.15) is 36.7 Å². The molecular weight excluding hydrogens is 374 g/mol. The van der Waals surface area contributed by atoms with Crippen LogP contribution in [0.3, 0.4) is 0 Å². The lowest BCUT2D eigenvalue weighted by atomic mass is 9.98. The van der Waals surface area contributed by atoms with E-state index in [2.05, 4.69) is 10.8 Å². The van der Waals surface area contributed by atoms with E-state index in [9.17, 15) is 14.4 Å². The van der Waals surface area contributed by atoms with Crippen molar-refractivity contribution in [2.45, 2.75) is 27.4 Å². The number of nitrogens with one attached hydrogen (secondary N) is 2. The Morgan fingerprint density at radius 2 is 1.69 bits per heavy atom. The number of carbonyl (C=O) groups is 3. The average molecular weight is 399 g/mol. The van der Waals surface area contributed by atoms with E-state index in [1.165, 1.54) is 6.07 Å². The van der Waals surface area contributed by atoms with Gasteiger partial charge in [-0.25, -0.2) is 4.79 Å². The van der Waals surface area contributed by atoms with Gasteiger partial charge in [0, 0.05) is 0 Å². The summed E-state index contributed by atoms with van der Waals surface area (Å²) in [4.78, 5) is 40.6. The van der Waals surface area contributed by atoms with Crippen LogP contribution in [0.2, 0.25) is 0 Å². The summed E-state index contributed by atoms with van der Waals surface area (Å²) in [5, 5.41) is 2.59. The van der Waals surface area contributed by atoms with Crippen LogP contribution in [-0.4, -0.2) is 24.3 Å². The summed E-state index contributed by atoms with van der Waals surface area (Å²) in [6.45, 7) is 5.00. The molecule has 29 heavy (non-hydrogen) atoms. The Morgan fingerprint density at radius 3 is 2.31 bits per heavy atom. The summed E-state index contributed by atoms with van der Waals surface area (Å²) in [7, 11) is 0. The van der Waals surface area contributed by atoms with E-state index in [0.29, 0.717) is 5.75 Å². The highest BCUT2D eigenvalue weighted by atomic mass is 16.7. The molecular formula is C21H25N3O5. The zero-order valence-electron chi connectivity index (χ0n) is 16.7. The SMILES string of the molecule is CC(C)(C)C(=O)ONCC(=O)Nc1c(OCc2ccccc2)cccc1C(N)=O. The molecule has 0 unspecified atom stereocenters. The highest BCUT2D eigenvalue weighted by Gasteiger charge is 2.24. The van der Waals surface area contributed by atoms with E-state index >= 15 is 0 Å². The molecule has 0 aromatic heterocycles. The Labute approximate surface area is 169 Å². The van der Waals surface area contributed by atoms with E-state index in [4.69, 9.17) is 15.3 Å². The van der Waals surface area contributed by atoms with Crippen LogP contribution in [0.15, 0.2) is 48.5 Å². The molecule has 0 bridgehead atoms. The normalized spacial score (nSPS) is 10.9. The lowest BCUT2D eigenvalue weighted by Crippen LogP contribution is -2.34. The van der Waals surface area contributed by atoms with E-state index in [1.54, 1.807) is 32.9 Å². The van der Waals surface area contributed by atoms with Gasteiger partial charge in [-0.3, -0.25) is 9.59 Å². The molecule has 0 aliphatic rings. The number of hydroxylamine groups is 1. The van der Waals surface area contributed by atoms with Gasteiger partial charge in [-0.1, -0.05) is 36.4 Å². The van der Waals surface area contributed by atoms with Crippen LogP contribution >= 0.6 is 0 Å². The fourth-order valence-electron chi connectivity index (χ4n) is 2.22. The van der Waals surface area contributed by atoms with E-state index < -0.39 is 23.2 Å². The second-order valence-electron chi connectivity index (χ2n) is 7.33. The predicted octanol–water partition coefficient (Wildman–Crippen LogP) is 2.40. The predicted molar refractivity (Wildman–Crippen MR) is 108 cm³/mol. The molecule has 0 aliphatic heterocycles. The lowest BCUT2D eigenvalue weighted by Gasteiger charge is -2.17. The number of anilines is 1. The Morgan fingerprint density at radius 1 is 1.00 bits per heavy atom. The number of benzene rings is 2. The maximum absolute atomic E-state index is 12.3. The number of ether oxygens (including phenoxy) is 1. The zero-order chi connectivity index (χ0) is 21.4. The first-order valence-electron chi connectivity index (χ1n) is 9.02. The third-order valence-electron chi connectivity index (χ3n) is 3.80. The summed E-state index contributed by atoms with van der Waals surface area (Å²) in [5.74, 6) is -1.46. The van der Waals surface area contributed by atoms with Crippen LogP contribution < -0.4 is 21.3 Å². The maximum atomic E-state index is 12.3. The summed E-state index contributed by atoms with van der Waals surface area (Å²) < 4.78 is 5.77. The molecule has 0 radical (unpaired) electrons. The topological polar surface area (TPSA) is 120 Å². The van der Waals surface area contributed by atoms with Gasteiger partial charge in [0.25, 0.3) is 5.91 Å². The number of hydrogen-bond acceptors (Lipinski definition) is 6. The minimum Gasteiger partial charge on any atom is -0.487 e. The second kappa shape index (κ2) is 9.70. The largest absolute Gasteiger partial charge is 0.487 e. The van der Waals surface area contributed by atoms with Gasteiger partial charge < -0.3 is 20.6 Å². The molecule has 2 amide bonds. The molecule has 2 rings (SSSR count). The molecule has 8 nitrogen and oxygen atoms in total. The van der Waals surface area contributed by atoms with Crippen molar-refractivity contribution in [3.8, 4) is 5.75 Å². The van der Waals surface area contributed by atoms with E-state index in [1.807, 2.05) is 30.3 Å². The number of amides is 2. The molecule has 0 heterocycles. The third-order valence-corrected chi connectivity index (χ3v) is 3.80.